The minimum Gasteiger partial charge on any atom is -0.282 e. The lowest BCUT2D eigenvalue weighted by molar-refractivity contribution is 0.109. The van der Waals surface area contributed by atoms with Crippen LogP contribution in [0.4, 0.5) is 0 Å². The van der Waals surface area contributed by atoms with E-state index in [1.54, 1.807) is 0 Å². The Hall–Kier alpha value is -0.720. The molecule has 0 aromatic heterocycles. The van der Waals surface area contributed by atoms with Crippen LogP contribution >= 0.6 is 15.9 Å². The minimum absolute atomic E-state index is 0.231. The lowest BCUT2D eigenvalue weighted by Gasteiger charge is -1.96. The summed E-state index contributed by atoms with van der Waals surface area (Å²) in [6.45, 7) is 0. The van der Waals surface area contributed by atoms with Crippen molar-refractivity contribution < 1.29 is 17.8 Å². The van der Waals surface area contributed by atoms with Crippen LogP contribution in [0.15, 0.2) is 29.2 Å². The van der Waals surface area contributed by atoms with Gasteiger partial charge in [-0.25, -0.2) is 0 Å². The van der Waals surface area contributed by atoms with Gasteiger partial charge in [0.2, 0.25) is 4.69 Å². The van der Waals surface area contributed by atoms with E-state index in [-0.39, 0.29) is 9.59 Å². The molecule has 0 saturated carbocycles. The second-order valence-electron chi connectivity index (χ2n) is 2.27. The molecule has 0 saturated heterocycles. The molecule has 0 spiro atoms. The molecule has 0 atom stereocenters. The second kappa shape index (κ2) is 3.57. The minimum atomic E-state index is -4.17. The van der Waals surface area contributed by atoms with E-state index in [0.717, 1.165) is 12.1 Å². The maximum Gasteiger partial charge on any atom is 0.294 e. The molecule has 70 valence electrons. The number of benzene rings is 1. The summed E-state index contributed by atoms with van der Waals surface area (Å²) < 4.78 is 29.4. The Morgan fingerprint density at radius 1 is 1.23 bits per heavy atom. The first-order chi connectivity index (χ1) is 5.91. The van der Waals surface area contributed by atoms with Crippen LogP contribution in [0.1, 0.15) is 10.4 Å². The first-order valence-corrected chi connectivity index (χ1v) is 5.42. The Labute approximate surface area is 83.5 Å². The summed E-state index contributed by atoms with van der Waals surface area (Å²) in [5.74, 6) is 0. The summed E-state index contributed by atoms with van der Waals surface area (Å²) in [4.78, 5) is 10.5. The fourth-order valence-electron chi connectivity index (χ4n) is 0.758. The maximum absolute atomic E-state index is 10.7. The van der Waals surface area contributed by atoms with Crippen LogP contribution in [0.3, 0.4) is 0 Å². The number of hydrogen-bond acceptors (Lipinski definition) is 3. The quantitative estimate of drug-likeness (QED) is 0.649. The van der Waals surface area contributed by atoms with Crippen LogP contribution in [0.5, 0.6) is 0 Å². The van der Waals surface area contributed by atoms with Crippen molar-refractivity contribution >= 4 is 30.7 Å². The van der Waals surface area contributed by atoms with Crippen LogP contribution < -0.4 is 0 Å². The molecule has 0 amide bonds. The zero-order chi connectivity index (χ0) is 10.1. The molecule has 4 nitrogen and oxygen atoms in total. The molecule has 1 aromatic carbocycles. The van der Waals surface area contributed by atoms with E-state index in [1.165, 1.54) is 12.1 Å². The molecule has 0 radical (unpaired) electrons. The molecule has 0 aliphatic carbocycles. The van der Waals surface area contributed by atoms with Gasteiger partial charge < -0.3 is 0 Å². The van der Waals surface area contributed by atoms with Crippen molar-refractivity contribution in [3.63, 3.8) is 0 Å². The van der Waals surface area contributed by atoms with Gasteiger partial charge in [0.05, 0.1) is 4.90 Å². The van der Waals surface area contributed by atoms with Crippen molar-refractivity contribution in [1.29, 1.82) is 0 Å². The van der Waals surface area contributed by atoms with E-state index in [0.29, 0.717) is 5.56 Å². The van der Waals surface area contributed by atoms with Crippen LogP contribution in [-0.2, 0) is 10.1 Å². The van der Waals surface area contributed by atoms with Gasteiger partial charge in [-0.1, -0.05) is 0 Å². The summed E-state index contributed by atoms with van der Waals surface area (Å²) in [6.07, 6.45) is 0. The summed E-state index contributed by atoms with van der Waals surface area (Å²) in [5.41, 5.74) is 0.326. The van der Waals surface area contributed by atoms with E-state index in [1.807, 2.05) is 0 Å². The Kier molecular flexibility index (Phi) is 2.84. The Morgan fingerprint density at radius 2 is 1.69 bits per heavy atom. The van der Waals surface area contributed by atoms with E-state index < -0.39 is 10.1 Å². The van der Waals surface area contributed by atoms with Gasteiger partial charge in [-0.3, -0.25) is 9.35 Å². The zero-order valence-corrected chi connectivity index (χ0v) is 8.67. The van der Waals surface area contributed by atoms with Crippen LogP contribution in [0.25, 0.3) is 0 Å². The van der Waals surface area contributed by atoms with Crippen LogP contribution in [0.2, 0.25) is 0 Å². The number of carbonyl (C=O) groups is 1. The van der Waals surface area contributed by atoms with Crippen molar-refractivity contribution in [1.82, 2.24) is 0 Å². The second-order valence-corrected chi connectivity index (χ2v) is 4.41. The average molecular weight is 265 g/mol. The Balaban J connectivity index is 3.16. The smallest absolute Gasteiger partial charge is 0.282 e. The number of carbonyl (C=O) groups excluding carboxylic acids is 1. The number of halogens is 1. The molecule has 1 N–H and O–H groups in total. The highest BCUT2D eigenvalue weighted by atomic mass is 79.9. The summed E-state index contributed by atoms with van der Waals surface area (Å²) in [5, 5.41) is 0. The standard InChI is InChI=1S/C7H5BrO4S/c8-7(9)5-1-3-6(4-2-5)13(10,11)12/h1-4H,(H,10,11,12). The molecule has 0 bridgehead atoms. The van der Waals surface area contributed by atoms with Crippen LogP contribution in [0, 0.1) is 0 Å². The molecule has 0 aliphatic heterocycles. The predicted molar refractivity (Wildman–Crippen MR) is 49.5 cm³/mol. The highest BCUT2D eigenvalue weighted by molar-refractivity contribution is 9.18. The summed E-state index contributed by atoms with van der Waals surface area (Å²) in [6, 6.07) is 4.92. The molecule has 6 heteroatoms. The van der Waals surface area contributed by atoms with Crippen molar-refractivity contribution in [3.05, 3.63) is 29.8 Å². The molecule has 0 heterocycles. The van der Waals surface area contributed by atoms with Crippen molar-refractivity contribution in [2.24, 2.45) is 0 Å². The highest BCUT2D eigenvalue weighted by Gasteiger charge is 2.09. The first-order valence-electron chi connectivity index (χ1n) is 3.18. The average Bonchev–Trinajstić information content (AvgIpc) is 2.03. The van der Waals surface area contributed by atoms with Gasteiger partial charge >= 0.3 is 0 Å². The van der Waals surface area contributed by atoms with Gasteiger partial charge in [0.1, 0.15) is 0 Å². The van der Waals surface area contributed by atoms with Gasteiger partial charge in [-0.15, -0.1) is 0 Å². The van der Waals surface area contributed by atoms with E-state index in [2.05, 4.69) is 15.9 Å². The Morgan fingerprint density at radius 3 is 2.00 bits per heavy atom. The fraction of sp³-hybridized carbons (Fsp3) is 0. The van der Waals surface area contributed by atoms with Crippen molar-refractivity contribution in [3.8, 4) is 0 Å². The van der Waals surface area contributed by atoms with Crippen LogP contribution in [-0.4, -0.2) is 17.7 Å². The predicted octanol–water partition coefficient (Wildman–Crippen LogP) is 1.47. The monoisotopic (exact) mass is 264 g/mol. The van der Waals surface area contributed by atoms with E-state index in [9.17, 15) is 13.2 Å². The van der Waals surface area contributed by atoms with E-state index >= 15 is 0 Å². The number of rotatable bonds is 2. The number of hydrogen-bond donors (Lipinski definition) is 1. The van der Waals surface area contributed by atoms with Gasteiger partial charge in [0.25, 0.3) is 10.1 Å². The molecular weight excluding hydrogens is 260 g/mol. The lowest BCUT2D eigenvalue weighted by Crippen LogP contribution is -1.98. The largest absolute Gasteiger partial charge is 0.294 e. The van der Waals surface area contributed by atoms with Gasteiger partial charge in [-0.05, 0) is 40.2 Å². The molecule has 0 unspecified atom stereocenters. The maximum atomic E-state index is 10.7. The molecule has 0 fully saturated rings. The molecule has 0 aliphatic rings. The molecule has 1 rings (SSSR count). The third-order valence-corrected chi connectivity index (χ3v) is 2.70. The summed E-state index contributed by atoms with van der Waals surface area (Å²) >= 11 is 2.71. The normalized spacial score (nSPS) is 11.2. The topological polar surface area (TPSA) is 71.4 Å². The summed E-state index contributed by atoms with van der Waals surface area (Å²) in [7, 11) is -4.17. The fourth-order valence-corrected chi connectivity index (χ4v) is 1.50. The van der Waals surface area contributed by atoms with Crippen molar-refractivity contribution in [2.45, 2.75) is 4.90 Å². The van der Waals surface area contributed by atoms with E-state index in [4.69, 9.17) is 4.55 Å². The third kappa shape index (κ3) is 2.61. The molecular formula is C7H5BrO4S. The SMILES string of the molecule is O=C(Br)c1ccc(S(=O)(=O)O)cc1. The Bertz CT molecular complexity index is 420. The molecule has 13 heavy (non-hydrogen) atoms. The van der Waals surface area contributed by atoms with Gasteiger partial charge in [0.15, 0.2) is 0 Å². The lowest BCUT2D eigenvalue weighted by atomic mass is 10.2. The highest BCUT2D eigenvalue weighted by Crippen LogP contribution is 2.11. The zero-order valence-electron chi connectivity index (χ0n) is 6.27. The third-order valence-electron chi connectivity index (χ3n) is 1.38. The molecule has 1 aromatic rings. The van der Waals surface area contributed by atoms with Gasteiger partial charge in [0, 0.05) is 5.56 Å². The first kappa shape index (κ1) is 10.4. The van der Waals surface area contributed by atoms with Gasteiger partial charge in [-0.2, -0.15) is 8.42 Å². The van der Waals surface area contributed by atoms with Crippen molar-refractivity contribution in [2.75, 3.05) is 0 Å².